The molecule has 1 saturated heterocycles. The van der Waals surface area contributed by atoms with Gasteiger partial charge in [-0.2, -0.15) is 5.01 Å². The number of nitrogens with one attached hydrogen (secondary N) is 3. The third-order valence-corrected chi connectivity index (χ3v) is 5.92. The van der Waals surface area contributed by atoms with Crippen LogP contribution in [0.25, 0.3) is 10.9 Å². The molecule has 1 fully saturated rings. The highest BCUT2D eigenvalue weighted by molar-refractivity contribution is 6.08. The van der Waals surface area contributed by atoms with Crippen LogP contribution >= 0.6 is 0 Å². The number of carbonyl (C=O) groups excluding carboxylic acids is 3. The summed E-state index contributed by atoms with van der Waals surface area (Å²) in [5, 5.41) is 3.80. The van der Waals surface area contributed by atoms with Gasteiger partial charge in [0, 0.05) is 0 Å². The molecule has 2 aromatic carbocycles. The van der Waals surface area contributed by atoms with Crippen molar-refractivity contribution >= 4 is 28.7 Å². The maximum absolute atomic E-state index is 13.1. The number of ether oxygens (including phenoxy) is 1. The number of aromatic nitrogens is 2. The molecule has 11 nitrogen and oxygen atoms in total. The number of H-pyrrole nitrogens is 1. The Morgan fingerprint density at radius 2 is 1.94 bits per heavy atom. The van der Waals surface area contributed by atoms with Crippen LogP contribution in [0.15, 0.2) is 53.3 Å². The molecule has 0 radical (unpaired) electrons. The van der Waals surface area contributed by atoms with Crippen molar-refractivity contribution in [3.05, 3.63) is 70.3 Å². The van der Waals surface area contributed by atoms with Crippen molar-refractivity contribution < 1.29 is 19.1 Å². The van der Waals surface area contributed by atoms with Crippen molar-refractivity contribution in [2.75, 3.05) is 20.2 Å². The highest BCUT2D eigenvalue weighted by Crippen LogP contribution is 2.30. The molecule has 35 heavy (non-hydrogen) atoms. The Kier molecular flexibility index (Phi) is 6.52. The second kappa shape index (κ2) is 9.55. The quantitative estimate of drug-likeness (QED) is 0.415. The SMILES string of the molecule is CCN(CC(=O)NN1C(=O)NC(C)(c2cccc(OC)c2)C1=O)Cc1nc2ccccc2c(=O)[nH]1. The van der Waals surface area contributed by atoms with Gasteiger partial charge >= 0.3 is 6.03 Å². The largest absolute Gasteiger partial charge is 0.497 e. The summed E-state index contributed by atoms with van der Waals surface area (Å²) in [7, 11) is 1.51. The summed E-state index contributed by atoms with van der Waals surface area (Å²) in [4.78, 5) is 59.6. The molecule has 11 heteroatoms. The molecule has 1 aliphatic heterocycles. The zero-order valence-electron chi connectivity index (χ0n) is 19.6. The average Bonchev–Trinajstić information content (AvgIpc) is 3.07. The van der Waals surface area contributed by atoms with Gasteiger partial charge in [0.05, 0.1) is 31.1 Å². The van der Waals surface area contributed by atoms with Gasteiger partial charge in [-0.15, -0.1) is 0 Å². The van der Waals surface area contributed by atoms with E-state index in [-0.39, 0.29) is 18.6 Å². The second-order valence-corrected chi connectivity index (χ2v) is 8.30. The number of likely N-dealkylation sites (N-methyl/N-ethyl adjacent to an activating group) is 1. The van der Waals surface area contributed by atoms with Crippen LogP contribution < -0.4 is 21.0 Å². The first kappa shape index (κ1) is 23.9. The number of amides is 4. The number of benzene rings is 2. The number of carbonyl (C=O) groups is 3. The Morgan fingerprint density at radius 3 is 2.69 bits per heavy atom. The molecular weight excluding hydrogens is 452 g/mol. The van der Waals surface area contributed by atoms with E-state index in [4.69, 9.17) is 4.74 Å². The fourth-order valence-electron chi connectivity index (χ4n) is 3.93. The lowest BCUT2D eigenvalue weighted by Crippen LogP contribution is -2.50. The lowest BCUT2D eigenvalue weighted by molar-refractivity contribution is -0.139. The molecule has 4 rings (SSSR count). The van der Waals surface area contributed by atoms with Crippen LogP contribution in [0, 0.1) is 0 Å². The van der Waals surface area contributed by atoms with E-state index in [1.807, 2.05) is 6.92 Å². The van der Waals surface area contributed by atoms with Gasteiger partial charge < -0.3 is 15.0 Å². The van der Waals surface area contributed by atoms with Gasteiger partial charge in [-0.1, -0.05) is 31.2 Å². The fourth-order valence-corrected chi connectivity index (χ4v) is 3.93. The minimum atomic E-state index is -1.36. The molecule has 0 bridgehead atoms. The molecule has 1 unspecified atom stereocenters. The molecule has 2 heterocycles. The lowest BCUT2D eigenvalue weighted by atomic mass is 9.92. The van der Waals surface area contributed by atoms with E-state index in [9.17, 15) is 19.2 Å². The van der Waals surface area contributed by atoms with Crippen LogP contribution in [-0.2, 0) is 21.7 Å². The summed E-state index contributed by atoms with van der Waals surface area (Å²) in [6, 6.07) is 13.0. The first-order chi connectivity index (χ1) is 16.7. The highest BCUT2D eigenvalue weighted by atomic mass is 16.5. The number of hydrogen-bond acceptors (Lipinski definition) is 7. The Bertz CT molecular complexity index is 1360. The summed E-state index contributed by atoms with van der Waals surface area (Å²) >= 11 is 0. The standard InChI is InChI=1S/C24H26N6O5/c1-4-29(13-19-25-18-11-6-5-10-17(18)21(32)26-19)14-20(31)28-30-22(33)24(2,27-23(30)34)15-8-7-9-16(12-15)35-3/h5-12H,4,13-14H2,1-3H3,(H,27,34)(H,28,31)(H,25,26,32). The van der Waals surface area contributed by atoms with E-state index >= 15 is 0 Å². The van der Waals surface area contributed by atoms with E-state index in [0.717, 1.165) is 0 Å². The van der Waals surface area contributed by atoms with E-state index < -0.39 is 23.4 Å². The molecule has 4 amide bonds. The van der Waals surface area contributed by atoms with Crippen molar-refractivity contribution in [1.82, 2.24) is 30.6 Å². The Hall–Kier alpha value is -4.25. The summed E-state index contributed by atoms with van der Waals surface area (Å²) in [5.41, 5.74) is 1.85. The van der Waals surface area contributed by atoms with E-state index in [1.165, 1.54) is 7.11 Å². The third-order valence-electron chi connectivity index (χ3n) is 5.92. The van der Waals surface area contributed by atoms with Crippen molar-refractivity contribution in [3.63, 3.8) is 0 Å². The van der Waals surface area contributed by atoms with Gasteiger partial charge in [-0.3, -0.25) is 24.7 Å². The zero-order chi connectivity index (χ0) is 25.2. The minimum absolute atomic E-state index is 0.125. The van der Waals surface area contributed by atoms with Crippen molar-refractivity contribution in [2.45, 2.75) is 25.9 Å². The maximum atomic E-state index is 13.1. The number of hydrazine groups is 1. The van der Waals surface area contributed by atoms with Crippen molar-refractivity contribution in [3.8, 4) is 5.75 Å². The summed E-state index contributed by atoms with van der Waals surface area (Å²) in [6.07, 6.45) is 0. The number of urea groups is 1. The molecule has 3 N–H and O–H groups in total. The van der Waals surface area contributed by atoms with Crippen LogP contribution in [0.2, 0.25) is 0 Å². The van der Waals surface area contributed by atoms with Crippen LogP contribution in [0.5, 0.6) is 5.75 Å². The Morgan fingerprint density at radius 1 is 1.17 bits per heavy atom. The number of fused-ring (bicyclic) bond motifs is 1. The minimum Gasteiger partial charge on any atom is -0.497 e. The normalized spacial score (nSPS) is 17.7. The predicted molar refractivity (Wildman–Crippen MR) is 127 cm³/mol. The van der Waals surface area contributed by atoms with Gasteiger partial charge in [0.1, 0.15) is 17.1 Å². The molecule has 182 valence electrons. The molecule has 0 saturated carbocycles. The van der Waals surface area contributed by atoms with E-state index in [2.05, 4.69) is 20.7 Å². The molecule has 1 aromatic heterocycles. The molecule has 0 spiro atoms. The summed E-state index contributed by atoms with van der Waals surface area (Å²) in [6.45, 7) is 3.95. The number of aromatic amines is 1. The topological polar surface area (TPSA) is 137 Å². The monoisotopic (exact) mass is 478 g/mol. The van der Waals surface area contributed by atoms with Gasteiger partial charge in [0.2, 0.25) is 0 Å². The number of imide groups is 1. The van der Waals surface area contributed by atoms with Crippen LogP contribution in [0.1, 0.15) is 25.2 Å². The number of hydrogen-bond donors (Lipinski definition) is 3. The zero-order valence-corrected chi connectivity index (χ0v) is 19.6. The first-order valence-corrected chi connectivity index (χ1v) is 11.1. The molecule has 1 aliphatic rings. The predicted octanol–water partition coefficient (Wildman–Crippen LogP) is 1.25. The molecule has 0 aliphatic carbocycles. The third kappa shape index (κ3) is 4.71. The molecule has 3 aromatic rings. The average molecular weight is 479 g/mol. The van der Waals surface area contributed by atoms with Crippen molar-refractivity contribution in [2.24, 2.45) is 0 Å². The summed E-state index contributed by atoms with van der Waals surface area (Å²) < 4.78 is 5.21. The van der Waals surface area contributed by atoms with E-state index in [0.29, 0.717) is 39.6 Å². The molecule has 1 atom stereocenters. The van der Waals surface area contributed by atoms with Crippen molar-refractivity contribution in [1.29, 1.82) is 0 Å². The van der Waals surface area contributed by atoms with Crippen LogP contribution in [-0.4, -0.2) is 57.9 Å². The number of rotatable bonds is 8. The van der Waals surface area contributed by atoms with Gasteiger partial charge in [0.15, 0.2) is 0 Å². The number of para-hydroxylation sites is 1. The lowest BCUT2D eigenvalue weighted by Gasteiger charge is -2.23. The first-order valence-electron chi connectivity index (χ1n) is 11.1. The van der Waals surface area contributed by atoms with Crippen LogP contribution in [0.3, 0.4) is 0 Å². The maximum Gasteiger partial charge on any atom is 0.344 e. The Labute approximate surface area is 201 Å². The number of methoxy groups -OCH3 is 1. The van der Waals surface area contributed by atoms with Gasteiger partial charge in [0.25, 0.3) is 17.4 Å². The van der Waals surface area contributed by atoms with Gasteiger partial charge in [-0.05, 0) is 43.3 Å². The Balaban J connectivity index is 1.45. The number of nitrogens with zero attached hydrogens (tertiary/aromatic N) is 3. The van der Waals surface area contributed by atoms with E-state index in [1.54, 1.807) is 60.4 Å². The smallest absolute Gasteiger partial charge is 0.344 e. The van der Waals surface area contributed by atoms with Crippen LogP contribution in [0.4, 0.5) is 4.79 Å². The fraction of sp³-hybridized carbons (Fsp3) is 0.292. The highest BCUT2D eigenvalue weighted by Gasteiger charge is 2.50. The molecular formula is C24H26N6O5. The summed E-state index contributed by atoms with van der Waals surface area (Å²) in [5.74, 6) is -0.239. The van der Waals surface area contributed by atoms with Gasteiger partial charge in [-0.25, -0.2) is 9.78 Å². The second-order valence-electron chi connectivity index (χ2n) is 8.30.